The van der Waals surface area contributed by atoms with E-state index in [1.54, 1.807) is 7.11 Å². The van der Waals surface area contributed by atoms with Crippen molar-refractivity contribution in [1.82, 2.24) is 15.5 Å². The molecule has 0 amide bonds. The Morgan fingerprint density at radius 1 is 1.56 bits per heavy atom. The summed E-state index contributed by atoms with van der Waals surface area (Å²) in [4.78, 5) is 4.41. The lowest BCUT2D eigenvalue weighted by molar-refractivity contribution is 0.109. The molecule has 5 nitrogen and oxygen atoms in total. The summed E-state index contributed by atoms with van der Waals surface area (Å²) in [6, 6.07) is 0.522. The van der Waals surface area contributed by atoms with Gasteiger partial charge in [-0.2, -0.15) is 4.98 Å². The van der Waals surface area contributed by atoms with Crippen molar-refractivity contribution >= 4 is 0 Å². The Balaban J connectivity index is 2.06. The molecule has 0 spiro atoms. The zero-order chi connectivity index (χ0) is 11.5. The second kappa shape index (κ2) is 4.93. The predicted molar refractivity (Wildman–Crippen MR) is 59.2 cm³/mol. The number of hydrogen-bond donors (Lipinski definition) is 1. The van der Waals surface area contributed by atoms with Crippen LogP contribution in [0.25, 0.3) is 0 Å². The van der Waals surface area contributed by atoms with Crippen molar-refractivity contribution in [3.63, 3.8) is 0 Å². The molecule has 1 aromatic rings. The number of nitrogens with one attached hydrogen (secondary N) is 1. The SMILES string of the molecule is COC(C)c1noc(C2CCNC(C)C2)n1. The highest BCUT2D eigenvalue weighted by Gasteiger charge is 2.25. The quantitative estimate of drug-likeness (QED) is 0.847. The summed E-state index contributed by atoms with van der Waals surface area (Å²) in [5.41, 5.74) is 0. The normalized spacial score (nSPS) is 27.9. The van der Waals surface area contributed by atoms with Gasteiger partial charge in [0.15, 0.2) is 5.82 Å². The molecule has 1 aliphatic heterocycles. The maximum absolute atomic E-state index is 5.31. The first-order valence-electron chi connectivity index (χ1n) is 5.80. The monoisotopic (exact) mass is 225 g/mol. The fourth-order valence-electron chi connectivity index (χ4n) is 2.04. The summed E-state index contributed by atoms with van der Waals surface area (Å²) in [7, 11) is 1.65. The number of aromatic nitrogens is 2. The number of ether oxygens (including phenoxy) is 1. The van der Waals surface area contributed by atoms with E-state index in [-0.39, 0.29) is 6.10 Å². The van der Waals surface area contributed by atoms with Gasteiger partial charge in [0.05, 0.1) is 0 Å². The van der Waals surface area contributed by atoms with Crippen LogP contribution in [-0.4, -0.2) is 29.8 Å². The Bertz CT molecular complexity index is 340. The van der Waals surface area contributed by atoms with E-state index >= 15 is 0 Å². The van der Waals surface area contributed by atoms with Crippen LogP contribution in [-0.2, 0) is 4.74 Å². The molecule has 1 N–H and O–H groups in total. The molecule has 0 aromatic carbocycles. The third kappa shape index (κ3) is 2.41. The molecule has 1 fully saturated rings. The molecule has 0 saturated carbocycles. The van der Waals surface area contributed by atoms with Gasteiger partial charge in [-0.15, -0.1) is 0 Å². The topological polar surface area (TPSA) is 60.2 Å². The third-order valence-electron chi connectivity index (χ3n) is 3.15. The molecule has 3 atom stereocenters. The van der Waals surface area contributed by atoms with Gasteiger partial charge in [0, 0.05) is 19.1 Å². The average Bonchev–Trinajstić information content (AvgIpc) is 2.77. The zero-order valence-corrected chi connectivity index (χ0v) is 10.1. The van der Waals surface area contributed by atoms with Gasteiger partial charge in [-0.05, 0) is 33.2 Å². The predicted octanol–water partition coefficient (Wildman–Crippen LogP) is 1.63. The highest BCUT2D eigenvalue weighted by atomic mass is 16.5. The molecule has 16 heavy (non-hydrogen) atoms. The summed E-state index contributed by atoms with van der Waals surface area (Å²) >= 11 is 0. The lowest BCUT2D eigenvalue weighted by Gasteiger charge is -2.25. The number of hydrogen-bond acceptors (Lipinski definition) is 5. The largest absolute Gasteiger partial charge is 0.374 e. The van der Waals surface area contributed by atoms with Crippen LogP contribution in [0.5, 0.6) is 0 Å². The van der Waals surface area contributed by atoms with Gasteiger partial charge in [-0.3, -0.25) is 0 Å². The molecule has 0 bridgehead atoms. The van der Waals surface area contributed by atoms with Gasteiger partial charge in [0.1, 0.15) is 6.10 Å². The molecular formula is C11H19N3O2. The summed E-state index contributed by atoms with van der Waals surface area (Å²) in [6.45, 7) is 5.12. The van der Waals surface area contributed by atoms with E-state index in [1.807, 2.05) is 6.92 Å². The van der Waals surface area contributed by atoms with Crippen molar-refractivity contribution in [2.75, 3.05) is 13.7 Å². The highest BCUT2D eigenvalue weighted by Crippen LogP contribution is 2.27. The number of rotatable bonds is 3. The minimum atomic E-state index is -0.100. The van der Waals surface area contributed by atoms with Crippen molar-refractivity contribution in [3.8, 4) is 0 Å². The van der Waals surface area contributed by atoms with Gasteiger partial charge in [-0.1, -0.05) is 5.16 Å². The lowest BCUT2D eigenvalue weighted by Crippen LogP contribution is -2.34. The first-order chi connectivity index (χ1) is 7.70. The highest BCUT2D eigenvalue weighted by molar-refractivity contribution is 4.99. The van der Waals surface area contributed by atoms with Crippen LogP contribution in [0.3, 0.4) is 0 Å². The van der Waals surface area contributed by atoms with Gasteiger partial charge >= 0.3 is 0 Å². The fraction of sp³-hybridized carbons (Fsp3) is 0.818. The Hall–Kier alpha value is -0.940. The van der Waals surface area contributed by atoms with Crippen LogP contribution >= 0.6 is 0 Å². The Labute approximate surface area is 95.6 Å². The van der Waals surface area contributed by atoms with Crippen molar-refractivity contribution in [3.05, 3.63) is 11.7 Å². The molecule has 2 rings (SSSR count). The second-order valence-electron chi connectivity index (χ2n) is 4.45. The van der Waals surface area contributed by atoms with Gasteiger partial charge in [0.2, 0.25) is 5.89 Å². The van der Waals surface area contributed by atoms with Crippen LogP contribution in [0, 0.1) is 0 Å². The van der Waals surface area contributed by atoms with Gasteiger partial charge < -0.3 is 14.6 Å². The molecule has 5 heteroatoms. The van der Waals surface area contributed by atoms with Crippen LogP contribution in [0.4, 0.5) is 0 Å². The summed E-state index contributed by atoms with van der Waals surface area (Å²) < 4.78 is 10.5. The van der Waals surface area contributed by atoms with Crippen molar-refractivity contribution in [2.45, 2.75) is 44.8 Å². The van der Waals surface area contributed by atoms with E-state index in [0.717, 1.165) is 25.3 Å². The number of methoxy groups -OCH3 is 1. The lowest BCUT2D eigenvalue weighted by atomic mass is 9.93. The van der Waals surface area contributed by atoms with Crippen LogP contribution in [0.2, 0.25) is 0 Å². The zero-order valence-electron chi connectivity index (χ0n) is 10.1. The first-order valence-corrected chi connectivity index (χ1v) is 5.80. The van der Waals surface area contributed by atoms with Crippen LogP contribution < -0.4 is 5.32 Å². The Morgan fingerprint density at radius 2 is 2.38 bits per heavy atom. The molecular weight excluding hydrogens is 206 g/mol. The van der Waals surface area contributed by atoms with Crippen LogP contribution in [0.1, 0.15) is 50.4 Å². The van der Waals surface area contributed by atoms with Crippen LogP contribution in [0.15, 0.2) is 4.52 Å². The maximum Gasteiger partial charge on any atom is 0.229 e. The summed E-state index contributed by atoms with van der Waals surface area (Å²) in [6.07, 6.45) is 2.02. The van der Waals surface area contributed by atoms with Crippen molar-refractivity contribution in [2.24, 2.45) is 0 Å². The summed E-state index contributed by atoms with van der Waals surface area (Å²) in [5.74, 6) is 1.79. The maximum atomic E-state index is 5.31. The van der Waals surface area contributed by atoms with E-state index in [4.69, 9.17) is 9.26 Å². The summed E-state index contributed by atoms with van der Waals surface area (Å²) in [5, 5.41) is 7.36. The molecule has 1 aromatic heterocycles. The van der Waals surface area contributed by atoms with Crippen molar-refractivity contribution < 1.29 is 9.26 Å². The fourth-order valence-corrected chi connectivity index (χ4v) is 2.04. The first kappa shape index (κ1) is 11.5. The molecule has 0 radical (unpaired) electrons. The van der Waals surface area contributed by atoms with E-state index in [0.29, 0.717) is 17.8 Å². The van der Waals surface area contributed by atoms with Gasteiger partial charge in [-0.25, -0.2) is 0 Å². The number of piperidine rings is 1. The molecule has 1 saturated heterocycles. The molecule has 3 unspecified atom stereocenters. The number of nitrogens with zero attached hydrogens (tertiary/aromatic N) is 2. The smallest absolute Gasteiger partial charge is 0.229 e. The van der Waals surface area contributed by atoms with Gasteiger partial charge in [0.25, 0.3) is 0 Å². The second-order valence-corrected chi connectivity index (χ2v) is 4.45. The molecule has 1 aliphatic rings. The molecule has 90 valence electrons. The Morgan fingerprint density at radius 3 is 3.06 bits per heavy atom. The Kier molecular flexibility index (Phi) is 3.56. The minimum Gasteiger partial charge on any atom is -0.374 e. The minimum absolute atomic E-state index is 0.100. The van der Waals surface area contributed by atoms with E-state index in [2.05, 4.69) is 22.4 Å². The van der Waals surface area contributed by atoms with E-state index in [1.165, 1.54) is 0 Å². The molecule has 2 heterocycles. The van der Waals surface area contributed by atoms with Crippen molar-refractivity contribution in [1.29, 1.82) is 0 Å². The van der Waals surface area contributed by atoms with E-state index < -0.39 is 0 Å². The van der Waals surface area contributed by atoms with E-state index in [9.17, 15) is 0 Å². The third-order valence-corrected chi connectivity index (χ3v) is 3.15. The molecule has 0 aliphatic carbocycles. The standard InChI is InChI=1S/C11H19N3O2/c1-7-6-9(4-5-12-7)11-13-10(14-16-11)8(2)15-3/h7-9,12H,4-6H2,1-3H3. The average molecular weight is 225 g/mol.